The van der Waals surface area contributed by atoms with E-state index in [-0.39, 0.29) is 0 Å². The summed E-state index contributed by atoms with van der Waals surface area (Å²) in [6, 6.07) is 6.11. The third-order valence-corrected chi connectivity index (χ3v) is 1.93. The molecule has 1 N–H and O–H groups in total. The maximum atomic E-state index is 11.3. The second kappa shape index (κ2) is 4.01. The molecule has 0 amide bonds. The smallest absolute Gasteiger partial charge is 0.325 e. The highest BCUT2D eigenvalue weighted by atomic mass is 16.4. The summed E-state index contributed by atoms with van der Waals surface area (Å²) in [6.07, 6.45) is 1.48. The average molecular weight is 220 g/mol. The van der Waals surface area contributed by atoms with E-state index in [4.69, 9.17) is 9.52 Å². The van der Waals surface area contributed by atoms with E-state index < -0.39 is 18.1 Å². The Kier molecular flexibility index (Phi) is 2.55. The molecule has 6 heteroatoms. The molecule has 0 aliphatic heterocycles. The van der Waals surface area contributed by atoms with E-state index in [1.54, 1.807) is 12.1 Å². The first-order valence-corrected chi connectivity index (χ1v) is 4.50. The van der Waals surface area contributed by atoms with E-state index in [9.17, 15) is 9.59 Å². The standard InChI is InChI=1S/C10H8N2O4/c13-9-4-3-7(8-2-1-5-16-8)11-12(9)6-10(14)15/h1-5H,6H2,(H,14,15). The van der Waals surface area contributed by atoms with Crippen LogP contribution in [0.25, 0.3) is 11.5 Å². The fourth-order valence-electron chi connectivity index (χ4n) is 1.25. The monoisotopic (exact) mass is 220 g/mol. The molecule has 2 aromatic heterocycles. The fourth-order valence-corrected chi connectivity index (χ4v) is 1.25. The van der Waals surface area contributed by atoms with Crippen molar-refractivity contribution in [2.75, 3.05) is 0 Å². The molecule has 2 heterocycles. The average Bonchev–Trinajstić information content (AvgIpc) is 2.73. The molecule has 0 fully saturated rings. The molecule has 16 heavy (non-hydrogen) atoms. The Morgan fingerprint density at radius 1 is 1.44 bits per heavy atom. The Balaban J connectivity index is 2.43. The quantitative estimate of drug-likeness (QED) is 0.818. The summed E-state index contributed by atoms with van der Waals surface area (Å²) in [4.78, 5) is 21.8. The number of carboxylic acid groups (broad SMARTS) is 1. The van der Waals surface area contributed by atoms with Crippen molar-refractivity contribution >= 4 is 5.97 Å². The number of hydrogen-bond acceptors (Lipinski definition) is 4. The number of carboxylic acids is 1. The van der Waals surface area contributed by atoms with Crippen molar-refractivity contribution in [2.45, 2.75) is 6.54 Å². The van der Waals surface area contributed by atoms with E-state index in [1.807, 2.05) is 0 Å². The van der Waals surface area contributed by atoms with Crippen LogP contribution >= 0.6 is 0 Å². The Morgan fingerprint density at radius 3 is 2.88 bits per heavy atom. The van der Waals surface area contributed by atoms with Crippen molar-refractivity contribution in [2.24, 2.45) is 0 Å². The molecule has 2 rings (SSSR count). The van der Waals surface area contributed by atoms with Crippen LogP contribution in [0.5, 0.6) is 0 Å². The summed E-state index contributed by atoms with van der Waals surface area (Å²) in [5.41, 5.74) is -0.0384. The van der Waals surface area contributed by atoms with Crippen LogP contribution in [0.3, 0.4) is 0 Å². The van der Waals surface area contributed by atoms with Gasteiger partial charge in [0.2, 0.25) is 0 Å². The first kappa shape index (κ1) is 10.2. The van der Waals surface area contributed by atoms with Gasteiger partial charge in [-0.25, -0.2) is 4.68 Å². The zero-order chi connectivity index (χ0) is 11.5. The predicted octanol–water partition coefficient (Wildman–Crippen LogP) is 0.588. The molecule has 2 aromatic rings. The molecule has 0 unspecified atom stereocenters. The summed E-state index contributed by atoms with van der Waals surface area (Å²) in [5.74, 6) is -0.634. The van der Waals surface area contributed by atoms with Gasteiger partial charge >= 0.3 is 5.97 Å². The highest BCUT2D eigenvalue weighted by molar-refractivity contribution is 5.66. The molecule has 0 bridgehead atoms. The van der Waals surface area contributed by atoms with E-state index in [0.717, 1.165) is 4.68 Å². The maximum Gasteiger partial charge on any atom is 0.325 e. The van der Waals surface area contributed by atoms with Crippen LogP contribution in [0.15, 0.2) is 39.7 Å². The minimum atomic E-state index is -1.12. The molecule has 0 radical (unpaired) electrons. The number of nitrogens with zero attached hydrogens (tertiary/aromatic N) is 2. The van der Waals surface area contributed by atoms with Gasteiger partial charge in [-0.2, -0.15) is 5.10 Å². The predicted molar refractivity (Wildman–Crippen MR) is 53.8 cm³/mol. The van der Waals surface area contributed by atoms with Crippen molar-refractivity contribution < 1.29 is 14.3 Å². The zero-order valence-electron chi connectivity index (χ0n) is 8.16. The molecule has 0 aliphatic carbocycles. The number of furan rings is 1. The van der Waals surface area contributed by atoms with Gasteiger partial charge in [0.1, 0.15) is 12.2 Å². The van der Waals surface area contributed by atoms with Gasteiger partial charge in [-0.05, 0) is 18.2 Å². The molecule has 0 aromatic carbocycles. The molecular weight excluding hydrogens is 212 g/mol. The topological polar surface area (TPSA) is 85.3 Å². The van der Waals surface area contributed by atoms with Gasteiger partial charge in [-0.3, -0.25) is 9.59 Å². The van der Waals surface area contributed by atoms with Gasteiger partial charge < -0.3 is 9.52 Å². The van der Waals surface area contributed by atoms with Crippen LogP contribution < -0.4 is 5.56 Å². The molecular formula is C10H8N2O4. The lowest BCUT2D eigenvalue weighted by Crippen LogP contribution is -2.25. The van der Waals surface area contributed by atoms with Crippen molar-refractivity contribution in [3.8, 4) is 11.5 Å². The number of rotatable bonds is 3. The molecule has 0 saturated heterocycles. The van der Waals surface area contributed by atoms with Crippen LogP contribution in [-0.2, 0) is 11.3 Å². The van der Waals surface area contributed by atoms with Crippen LogP contribution in [0, 0.1) is 0 Å². The Morgan fingerprint density at radius 2 is 2.25 bits per heavy atom. The van der Waals surface area contributed by atoms with Crippen LogP contribution in [0.1, 0.15) is 0 Å². The van der Waals surface area contributed by atoms with Gasteiger partial charge in [0.05, 0.1) is 6.26 Å². The van der Waals surface area contributed by atoms with Crippen LogP contribution in [0.2, 0.25) is 0 Å². The minimum absolute atomic E-state index is 0.422. The SMILES string of the molecule is O=C(O)Cn1nc(-c2ccco2)ccc1=O. The van der Waals surface area contributed by atoms with Gasteiger partial charge in [0, 0.05) is 6.07 Å². The summed E-state index contributed by atoms with van der Waals surface area (Å²) < 4.78 is 5.97. The fraction of sp³-hybridized carbons (Fsp3) is 0.100. The van der Waals surface area contributed by atoms with Crippen molar-refractivity contribution in [3.05, 3.63) is 40.9 Å². The van der Waals surface area contributed by atoms with Gasteiger partial charge in [-0.1, -0.05) is 0 Å². The normalized spacial score (nSPS) is 10.2. The van der Waals surface area contributed by atoms with Crippen molar-refractivity contribution in [3.63, 3.8) is 0 Å². The number of carbonyl (C=O) groups is 1. The van der Waals surface area contributed by atoms with Gasteiger partial charge in [0.15, 0.2) is 5.76 Å². The molecule has 0 atom stereocenters. The third-order valence-electron chi connectivity index (χ3n) is 1.93. The molecule has 6 nitrogen and oxygen atoms in total. The maximum absolute atomic E-state index is 11.3. The summed E-state index contributed by atoms with van der Waals surface area (Å²) in [5, 5.41) is 12.5. The Bertz CT molecular complexity index is 556. The van der Waals surface area contributed by atoms with Crippen molar-refractivity contribution in [1.82, 2.24) is 9.78 Å². The third kappa shape index (κ3) is 2.00. The zero-order valence-corrected chi connectivity index (χ0v) is 8.16. The summed E-state index contributed by atoms with van der Waals surface area (Å²) in [7, 11) is 0. The lowest BCUT2D eigenvalue weighted by Gasteiger charge is -2.02. The van der Waals surface area contributed by atoms with E-state index in [2.05, 4.69) is 5.10 Å². The number of aliphatic carboxylic acids is 1. The van der Waals surface area contributed by atoms with E-state index >= 15 is 0 Å². The lowest BCUT2D eigenvalue weighted by atomic mass is 10.3. The highest BCUT2D eigenvalue weighted by Gasteiger charge is 2.07. The van der Waals surface area contributed by atoms with Gasteiger partial charge in [-0.15, -0.1) is 0 Å². The molecule has 0 saturated carbocycles. The van der Waals surface area contributed by atoms with Crippen LogP contribution in [-0.4, -0.2) is 20.9 Å². The first-order chi connectivity index (χ1) is 7.66. The number of aromatic nitrogens is 2. The highest BCUT2D eigenvalue weighted by Crippen LogP contribution is 2.14. The minimum Gasteiger partial charge on any atom is -0.480 e. The molecule has 0 aliphatic rings. The van der Waals surface area contributed by atoms with Gasteiger partial charge in [0.25, 0.3) is 5.56 Å². The Hall–Kier alpha value is -2.37. The summed E-state index contributed by atoms with van der Waals surface area (Å²) in [6.45, 7) is -0.465. The molecule has 82 valence electrons. The van der Waals surface area contributed by atoms with E-state index in [0.29, 0.717) is 11.5 Å². The van der Waals surface area contributed by atoms with Crippen LogP contribution in [0.4, 0.5) is 0 Å². The second-order valence-electron chi connectivity index (χ2n) is 3.09. The number of hydrogen-bond donors (Lipinski definition) is 1. The van der Waals surface area contributed by atoms with E-state index in [1.165, 1.54) is 18.4 Å². The molecule has 0 spiro atoms. The first-order valence-electron chi connectivity index (χ1n) is 4.50. The largest absolute Gasteiger partial charge is 0.480 e. The lowest BCUT2D eigenvalue weighted by molar-refractivity contribution is -0.138. The second-order valence-corrected chi connectivity index (χ2v) is 3.09. The summed E-state index contributed by atoms with van der Waals surface area (Å²) >= 11 is 0. The van der Waals surface area contributed by atoms with Crippen molar-refractivity contribution in [1.29, 1.82) is 0 Å². The Labute approximate surface area is 89.7 Å².